The van der Waals surface area contributed by atoms with Crippen LogP contribution in [0.3, 0.4) is 0 Å². The average Bonchev–Trinajstić information content (AvgIpc) is 3.27. The molecule has 1 fully saturated rings. The molecule has 32 heavy (non-hydrogen) atoms. The maximum Gasteiger partial charge on any atom is 0.242 e. The molecule has 1 atom stereocenters. The highest BCUT2D eigenvalue weighted by Gasteiger charge is 2.28. The number of carbonyl (C=O) groups excluding carboxylic acids is 2. The molecule has 1 saturated carbocycles. The van der Waals surface area contributed by atoms with Crippen molar-refractivity contribution in [2.75, 3.05) is 5.75 Å². The Balaban J connectivity index is 1.68. The molecule has 0 radical (unpaired) electrons. The third-order valence-electron chi connectivity index (χ3n) is 5.62. The number of nitrogens with zero attached hydrogens (tertiary/aromatic N) is 1. The van der Waals surface area contributed by atoms with Crippen molar-refractivity contribution in [3.63, 3.8) is 0 Å². The van der Waals surface area contributed by atoms with Crippen LogP contribution < -0.4 is 5.32 Å². The van der Waals surface area contributed by atoms with E-state index in [1.165, 1.54) is 0 Å². The molecular formula is C24H27Cl3N2O2S. The fourth-order valence-electron chi connectivity index (χ4n) is 3.74. The van der Waals surface area contributed by atoms with Gasteiger partial charge in [-0.15, -0.1) is 11.8 Å². The minimum atomic E-state index is -0.602. The van der Waals surface area contributed by atoms with E-state index in [9.17, 15) is 9.59 Å². The van der Waals surface area contributed by atoms with Crippen molar-refractivity contribution < 1.29 is 9.59 Å². The number of hydrogen-bond acceptors (Lipinski definition) is 3. The van der Waals surface area contributed by atoms with Gasteiger partial charge in [-0.3, -0.25) is 9.59 Å². The fourth-order valence-corrected chi connectivity index (χ4v) is 5.17. The van der Waals surface area contributed by atoms with Gasteiger partial charge in [0.2, 0.25) is 11.8 Å². The Morgan fingerprint density at radius 2 is 1.72 bits per heavy atom. The number of carbonyl (C=O) groups is 2. The molecule has 8 heteroatoms. The summed E-state index contributed by atoms with van der Waals surface area (Å²) >= 11 is 19.9. The first-order chi connectivity index (χ1) is 15.3. The topological polar surface area (TPSA) is 49.4 Å². The molecule has 172 valence electrons. The van der Waals surface area contributed by atoms with Crippen molar-refractivity contribution in [1.82, 2.24) is 10.2 Å². The molecule has 1 aliphatic carbocycles. The number of benzene rings is 2. The van der Waals surface area contributed by atoms with Crippen LogP contribution in [0.15, 0.2) is 47.4 Å². The second kappa shape index (κ2) is 12.2. The molecule has 0 bridgehead atoms. The van der Waals surface area contributed by atoms with Crippen molar-refractivity contribution in [3.8, 4) is 0 Å². The second-order valence-corrected chi connectivity index (χ2v) is 10.4. The van der Waals surface area contributed by atoms with Crippen LogP contribution in [0.2, 0.25) is 15.1 Å². The summed E-state index contributed by atoms with van der Waals surface area (Å²) in [6.45, 7) is 2.03. The fraction of sp³-hybridized carbons (Fsp3) is 0.417. The SMILES string of the molecule is C[C@H](C(=O)NC1CCCC1)N(Cc1ccc(Cl)cc1Cl)C(=O)CCSc1ccc(Cl)cc1. The van der Waals surface area contributed by atoms with E-state index in [-0.39, 0.29) is 24.4 Å². The number of rotatable bonds is 9. The molecular weight excluding hydrogens is 487 g/mol. The van der Waals surface area contributed by atoms with Crippen LogP contribution >= 0.6 is 46.6 Å². The Labute approximate surface area is 209 Å². The van der Waals surface area contributed by atoms with E-state index in [2.05, 4.69) is 5.32 Å². The second-order valence-electron chi connectivity index (χ2n) is 7.98. The maximum atomic E-state index is 13.2. The molecule has 0 spiro atoms. The van der Waals surface area contributed by atoms with Gasteiger partial charge in [-0.05, 0) is 61.7 Å². The molecule has 0 unspecified atom stereocenters. The first kappa shape index (κ1) is 25.2. The van der Waals surface area contributed by atoms with Gasteiger partial charge in [0, 0.05) is 44.7 Å². The Bertz CT molecular complexity index is 933. The van der Waals surface area contributed by atoms with Gasteiger partial charge in [0.25, 0.3) is 0 Å². The van der Waals surface area contributed by atoms with Gasteiger partial charge in [0.1, 0.15) is 6.04 Å². The van der Waals surface area contributed by atoms with E-state index in [1.54, 1.807) is 41.8 Å². The molecule has 0 heterocycles. The maximum absolute atomic E-state index is 13.2. The van der Waals surface area contributed by atoms with Crippen LogP contribution in [0.1, 0.15) is 44.6 Å². The zero-order valence-corrected chi connectivity index (χ0v) is 21.0. The smallest absolute Gasteiger partial charge is 0.242 e. The van der Waals surface area contributed by atoms with Gasteiger partial charge in [0.05, 0.1) is 0 Å². The monoisotopic (exact) mass is 512 g/mol. The third kappa shape index (κ3) is 7.31. The molecule has 0 aromatic heterocycles. The Kier molecular flexibility index (Phi) is 9.60. The number of amides is 2. The van der Waals surface area contributed by atoms with Crippen LogP contribution in [0, 0.1) is 0 Å². The number of hydrogen-bond donors (Lipinski definition) is 1. The summed E-state index contributed by atoms with van der Waals surface area (Å²) in [6.07, 6.45) is 4.55. The van der Waals surface area contributed by atoms with Gasteiger partial charge in [-0.25, -0.2) is 0 Å². The zero-order chi connectivity index (χ0) is 23.1. The predicted molar refractivity (Wildman–Crippen MR) is 134 cm³/mol. The lowest BCUT2D eigenvalue weighted by Crippen LogP contribution is -2.49. The normalized spacial score (nSPS) is 14.9. The highest BCUT2D eigenvalue weighted by atomic mass is 35.5. The van der Waals surface area contributed by atoms with Crippen LogP contribution in [-0.2, 0) is 16.1 Å². The third-order valence-corrected chi connectivity index (χ3v) is 7.48. The van der Waals surface area contributed by atoms with Crippen molar-refractivity contribution in [2.45, 2.75) is 62.6 Å². The summed E-state index contributed by atoms with van der Waals surface area (Å²) < 4.78 is 0. The van der Waals surface area contributed by atoms with Crippen molar-refractivity contribution in [2.24, 2.45) is 0 Å². The van der Waals surface area contributed by atoms with Crippen LogP contribution in [0.4, 0.5) is 0 Å². The molecule has 2 aromatic rings. The minimum Gasteiger partial charge on any atom is -0.352 e. The van der Waals surface area contributed by atoms with Crippen LogP contribution in [0.25, 0.3) is 0 Å². The highest BCUT2D eigenvalue weighted by Crippen LogP contribution is 2.25. The number of halogens is 3. The lowest BCUT2D eigenvalue weighted by molar-refractivity contribution is -0.140. The molecule has 3 rings (SSSR count). The number of thioether (sulfide) groups is 1. The van der Waals surface area contributed by atoms with Gasteiger partial charge in [-0.2, -0.15) is 0 Å². The summed E-state index contributed by atoms with van der Waals surface area (Å²) in [7, 11) is 0. The molecule has 0 aliphatic heterocycles. The van der Waals surface area contributed by atoms with E-state index >= 15 is 0 Å². The van der Waals surface area contributed by atoms with Gasteiger partial charge < -0.3 is 10.2 Å². The summed E-state index contributed by atoms with van der Waals surface area (Å²) in [5.74, 6) is 0.384. The summed E-state index contributed by atoms with van der Waals surface area (Å²) in [6, 6.07) is 12.3. The van der Waals surface area contributed by atoms with E-state index in [4.69, 9.17) is 34.8 Å². The van der Waals surface area contributed by atoms with E-state index in [0.717, 1.165) is 36.1 Å². The van der Waals surface area contributed by atoms with Gasteiger partial charge in [-0.1, -0.05) is 53.7 Å². The van der Waals surface area contributed by atoms with Crippen molar-refractivity contribution in [3.05, 3.63) is 63.1 Å². The molecule has 1 N–H and O–H groups in total. The molecule has 1 aliphatic rings. The summed E-state index contributed by atoms with van der Waals surface area (Å²) in [5.41, 5.74) is 0.760. The van der Waals surface area contributed by atoms with Crippen molar-refractivity contribution >= 4 is 58.4 Å². The summed E-state index contributed by atoms with van der Waals surface area (Å²) in [4.78, 5) is 28.8. The highest BCUT2D eigenvalue weighted by molar-refractivity contribution is 7.99. The Morgan fingerprint density at radius 3 is 2.38 bits per heavy atom. The number of nitrogens with one attached hydrogen (secondary N) is 1. The first-order valence-electron chi connectivity index (χ1n) is 10.8. The zero-order valence-electron chi connectivity index (χ0n) is 18.0. The Hall–Kier alpha value is -1.40. The lowest BCUT2D eigenvalue weighted by atomic mass is 10.1. The quantitative estimate of drug-likeness (QED) is 0.384. The van der Waals surface area contributed by atoms with E-state index in [1.807, 2.05) is 24.3 Å². The predicted octanol–water partition coefficient (Wildman–Crippen LogP) is 6.61. The lowest BCUT2D eigenvalue weighted by Gasteiger charge is -2.30. The van der Waals surface area contributed by atoms with E-state index in [0.29, 0.717) is 27.2 Å². The van der Waals surface area contributed by atoms with Crippen LogP contribution in [-0.4, -0.2) is 34.6 Å². The average molecular weight is 514 g/mol. The molecule has 2 amide bonds. The molecule has 2 aromatic carbocycles. The summed E-state index contributed by atoms with van der Waals surface area (Å²) in [5, 5.41) is 4.80. The molecule has 0 saturated heterocycles. The molecule has 4 nitrogen and oxygen atoms in total. The van der Waals surface area contributed by atoms with Crippen molar-refractivity contribution in [1.29, 1.82) is 0 Å². The van der Waals surface area contributed by atoms with Crippen LogP contribution in [0.5, 0.6) is 0 Å². The first-order valence-corrected chi connectivity index (χ1v) is 12.9. The standard InChI is InChI=1S/C24H27Cl3N2O2S/c1-16(24(31)28-20-4-2-3-5-20)29(15-17-6-7-19(26)14-22(17)27)23(30)12-13-32-21-10-8-18(25)9-11-21/h6-11,14,16,20H,2-5,12-13,15H2,1H3,(H,28,31)/t16-/m1/s1. The minimum absolute atomic E-state index is 0.0912. The van der Waals surface area contributed by atoms with Gasteiger partial charge >= 0.3 is 0 Å². The van der Waals surface area contributed by atoms with Gasteiger partial charge in [0.15, 0.2) is 0 Å². The largest absolute Gasteiger partial charge is 0.352 e. The Morgan fingerprint density at radius 1 is 1.06 bits per heavy atom. The van der Waals surface area contributed by atoms with E-state index < -0.39 is 6.04 Å².